The molecular formula is C16H18BO3-. The van der Waals surface area contributed by atoms with Gasteiger partial charge in [0, 0.05) is 12.2 Å². The number of fused-ring (bicyclic) bond motifs is 4. The Hall–Kier alpha value is -1.52. The van der Waals surface area contributed by atoms with Gasteiger partial charge in [0.25, 0.3) is 6.55 Å². The molecule has 3 aliphatic rings. The number of para-hydroxylation sites is 1. The van der Waals surface area contributed by atoms with Crippen LogP contribution >= 0.6 is 0 Å². The minimum atomic E-state index is -1.52. The molecule has 4 rings (SSSR count). The SMILES string of the molecule is C[C@@H]1O[B-]2(O[C@@H]1C)c1ccccc1OC1C=CC=CC12. The van der Waals surface area contributed by atoms with Crippen LogP contribution < -0.4 is 10.2 Å². The molecular weight excluding hydrogens is 251 g/mol. The summed E-state index contributed by atoms with van der Waals surface area (Å²) in [5.41, 5.74) is 1.06. The van der Waals surface area contributed by atoms with E-state index >= 15 is 0 Å². The van der Waals surface area contributed by atoms with Gasteiger partial charge in [0.2, 0.25) is 0 Å². The molecule has 104 valence electrons. The van der Waals surface area contributed by atoms with Gasteiger partial charge in [0.05, 0.1) is 11.9 Å². The molecule has 2 aliphatic heterocycles. The molecule has 0 radical (unpaired) electrons. The molecule has 2 heterocycles. The van der Waals surface area contributed by atoms with E-state index in [2.05, 4.69) is 38.1 Å². The topological polar surface area (TPSA) is 27.7 Å². The molecule has 1 fully saturated rings. The maximum Gasteiger partial charge on any atom is 0.284 e. The average Bonchev–Trinajstić information content (AvgIpc) is 2.76. The monoisotopic (exact) mass is 269 g/mol. The van der Waals surface area contributed by atoms with Crippen LogP contribution in [-0.2, 0) is 9.31 Å². The molecule has 0 aromatic heterocycles. The van der Waals surface area contributed by atoms with Gasteiger partial charge >= 0.3 is 0 Å². The summed E-state index contributed by atoms with van der Waals surface area (Å²) in [5, 5.41) is 0. The number of rotatable bonds is 0. The van der Waals surface area contributed by atoms with Crippen molar-refractivity contribution in [2.24, 2.45) is 0 Å². The zero-order chi connectivity index (χ0) is 13.7. The molecule has 4 heteroatoms. The van der Waals surface area contributed by atoms with Crippen LogP contribution in [0.2, 0.25) is 5.82 Å². The van der Waals surface area contributed by atoms with E-state index in [1.54, 1.807) is 0 Å². The van der Waals surface area contributed by atoms with Gasteiger partial charge in [-0.05, 0) is 26.0 Å². The highest BCUT2D eigenvalue weighted by molar-refractivity contribution is 6.84. The zero-order valence-electron chi connectivity index (χ0n) is 11.7. The lowest BCUT2D eigenvalue weighted by atomic mass is 9.39. The van der Waals surface area contributed by atoms with Crippen molar-refractivity contribution in [2.45, 2.75) is 38.0 Å². The summed E-state index contributed by atoms with van der Waals surface area (Å²) >= 11 is 0. The Balaban J connectivity index is 1.89. The van der Waals surface area contributed by atoms with Crippen molar-refractivity contribution in [2.75, 3.05) is 0 Å². The van der Waals surface area contributed by atoms with E-state index in [0.717, 1.165) is 11.2 Å². The number of ether oxygens (including phenoxy) is 1. The van der Waals surface area contributed by atoms with Crippen LogP contribution in [0.4, 0.5) is 0 Å². The molecule has 1 spiro atoms. The van der Waals surface area contributed by atoms with Crippen LogP contribution in [0.15, 0.2) is 48.6 Å². The lowest BCUT2D eigenvalue weighted by Gasteiger charge is -2.50. The van der Waals surface area contributed by atoms with Crippen LogP contribution in [0.5, 0.6) is 5.75 Å². The fourth-order valence-electron chi connectivity index (χ4n) is 3.61. The highest BCUT2D eigenvalue weighted by atomic mass is 16.7. The van der Waals surface area contributed by atoms with E-state index in [-0.39, 0.29) is 24.1 Å². The maximum absolute atomic E-state index is 6.37. The Kier molecular flexibility index (Phi) is 2.59. The van der Waals surface area contributed by atoms with Crippen molar-refractivity contribution in [1.82, 2.24) is 0 Å². The molecule has 0 bridgehead atoms. The second-order valence-electron chi connectivity index (χ2n) is 5.92. The number of hydrogen-bond acceptors (Lipinski definition) is 3. The largest absolute Gasteiger partial charge is 0.560 e. The molecule has 0 saturated carbocycles. The third-order valence-electron chi connectivity index (χ3n) is 4.74. The summed E-state index contributed by atoms with van der Waals surface area (Å²) in [6, 6.07) is 8.09. The van der Waals surface area contributed by atoms with Crippen molar-refractivity contribution in [1.29, 1.82) is 0 Å². The molecule has 1 saturated heterocycles. The van der Waals surface area contributed by atoms with Gasteiger partial charge in [-0.3, -0.25) is 0 Å². The second-order valence-corrected chi connectivity index (χ2v) is 5.92. The summed E-state index contributed by atoms with van der Waals surface area (Å²) in [7, 11) is 0. The standard InChI is InChI=1S/C16H18BO3/c1-11-12(2)20-17(19-11)13-7-3-5-9-15(13)18-16-10-6-4-8-14(16)17/h3-13,15H,1-2H3/q-1/t11-,12+,13?,15?,17?. The molecule has 20 heavy (non-hydrogen) atoms. The van der Waals surface area contributed by atoms with Crippen LogP contribution in [0, 0.1) is 0 Å². The average molecular weight is 269 g/mol. The molecule has 5 atom stereocenters. The number of benzene rings is 1. The minimum Gasteiger partial charge on any atom is -0.560 e. The Labute approximate surface area is 119 Å². The molecule has 1 aromatic carbocycles. The molecule has 0 amide bonds. The van der Waals surface area contributed by atoms with E-state index in [4.69, 9.17) is 14.0 Å². The fraction of sp³-hybridized carbons (Fsp3) is 0.375. The lowest BCUT2D eigenvalue weighted by molar-refractivity contribution is 0.187. The first-order chi connectivity index (χ1) is 9.71. The maximum atomic E-state index is 6.37. The van der Waals surface area contributed by atoms with Crippen molar-refractivity contribution in [3.8, 4) is 5.75 Å². The predicted molar refractivity (Wildman–Crippen MR) is 79.4 cm³/mol. The van der Waals surface area contributed by atoms with Gasteiger partial charge in [0.15, 0.2) is 0 Å². The van der Waals surface area contributed by atoms with Crippen LogP contribution in [0.25, 0.3) is 0 Å². The zero-order valence-corrected chi connectivity index (χ0v) is 11.7. The van der Waals surface area contributed by atoms with Crippen molar-refractivity contribution < 1.29 is 14.0 Å². The van der Waals surface area contributed by atoms with Gasteiger partial charge in [-0.1, -0.05) is 36.2 Å². The lowest BCUT2D eigenvalue weighted by Crippen LogP contribution is -2.61. The Morgan fingerprint density at radius 3 is 2.45 bits per heavy atom. The van der Waals surface area contributed by atoms with Crippen LogP contribution in [0.1, 0.15) is 13.8 Å². The molecule has 3 nitrogen and oxygen atoms in total. The first kappa shape index (κ1) is 12.2. The van der Waals surface area contributed by atoms with Gasteiger partial charge in [-0.25, -0.2) is 0 Å². The highest BCUT2D eigenvalue weighted by Gasteiger charge is 2.51. The first-order valence-electron chi connectivity index (χ1n) is 7.32. The summed E-state index contributed by atoms with van der Waals surface area (Å²) in [5.74, 6) is 0.997. The van der Waals surface area contributed by atoms with Crippen molar-refractivity contribution in [3.63, 3.8) is 0 Å². The molecule has 1 aromatic rings. The quantitative estimate of drug-likeness (QED) is 0.677. The first-order valence-corrected chi connectivity index (χ1v) is 7.32. The normalized spacial score (nSPS) is 41.3. The summed E-state index contributed by atoms with van der Waals surface area (Å²) in [6.07, 6.45) is 8.52. The van der Waals surface area contributed by atoms with Gasteiger partial charge < -0.3 is 14.0 Å². The smallest absolute Gasteiger partial charge is 0.284 e. The van der Waals surface area contributed by atoms with Crippen LogP contribution in [-0.4, -0.2) is 24.9 Å². The van der Waals surface area contributed by atoms with Gasteiger partial charge in [-0.2, -0.15) is 0 Å². The summed E-state index contributed by atoms with van der Waals surface area (Å²) < 4.78 is 18.9. The van der Waals surface area contributed by atoms with Gasteiger partial charge in [0.1, 0.15) is 0 Å². The number of hydrogen-bond donors (Lipinski definition) is 0. The molecule has 3 unspecified atom stereocenters. The number of allylic oxidation sites excluding steroid dienone is 2. The van der Waals surface area contributed by atoms with E-state index in [0.29, 0.717) is 0 Å². The van der Waals surface area contributed by atoms with E-state index < -0.39 is 6.55 Å². The van der Waals surface area contributed by atoms with E-state index in [9.17, 15) is 0 Å². The predicted octanol–water partition coefficient (Wildman–Crippen LogP) is 2.42. The van der Waals surface area contributed by atoms with E-state index in [1.807, 2.05) is 24.3 Å². The van der Waals surface area contributed by atoms with E-state index in [1.165, 1.54) is 0 Å². The third-order valence-corrected chi connectivity index (χ3v) is 4.74. The second kappa shape index (κ2) is 4.24. The highest BCUT2D eigenvalue weighted by Crippen LogP contribution is 2.44. The summed E-state index contributed by atoms with van der Waals surface area (Å²) in [4.78, 5) is 0. The Morgan fingerprint density at radius 1 is 0.950 bits per heavy atom. The van der Waals surface area contributed by atoms with Crippen molar-refractivity contribution >= 4 is 12.0 Å². The Bertz CT molecular complexity index is 585. The summed E-state index contributed by atoms with van der Waals surface area (Å²) in [6.45, 7) is 2.64. The molecule has 1 aliphatic carbocycles. The van der Waals surface area contributed by atoms with Gasteiger partial charge in [-0.15, -0.1) is 11.5 Å². The van der Waals surface area contributed by atoms with Crippen LogP contribution in [0.3, 0.4) is 0 Å². The Morgan fingerprint density at radius 2 is 1.65 bits per heavy atom. The fourth-order valence-corrected chi connectivity index (χ4v) is 3.61. The third kappa shape index (κ3) is 1.55. The van der Waals surface area contributed by atoms with Crippen molar-refractivity contribution in [3.05, 3.63) is 48.6 Å². The minimum absolute atomic E-state index is 0.00704. The molecule has 0 N–H and O–H groups in total.